The van der Waals surface area contributed by atoms with E-state index in [-0.39, 0.29) is 0 Å². The highest BCUT2D eigenvalue weighted by molar-refractivity contribution is 5.42. The zero-order chi connectivity index (χ0) is 14.1. The highest BCUT2D eigenvalue weighted by Crippen LogP contribution is 2.16. The summed E-state index contributed by atoms with van der Waals surface area (Å²) in [7, 11) is 0. The molecule has 1 N–H and O–H groups in total. The molecule has 3 nitrogen and oxygen atoms in total. The van der Waals surface area contributed by atoms with Crippen LogP contribution in [-0.4, -0.2) is 24.5 Å². The molecule has 6 heteroatoms. The third-order valence-corrected chi connectivity index (χ3v) is 2.13. The van der Waals surface area contributed by atoms with Crippen molar-refractivity contribution in [1.82, 2.24) is 4.98 Å². The van der Waals surface area contributed by atoms with Crippen LogP contribution < -0.4 is 5.32 Å². The van der Waals surface area contributed by atoms with Gasteiger partial charge < -0.3 is 5.32 Å². The van der Waals surface area contributed by atoms with Crippen molar-refractivity contribution >= 4 is 5.69 Å². The molecule has 0 unspecified atom stereocenters. The van der Waals surface area contributed by atoms with Crippen molar-refractivity contribution in [2.75, 3.05) is 18.5 Å². The maximum atomic E-state index is 11.8. The Morgan fingerprint density at radius 2 is 2.26 bits per heavy atom. The Balaban J connectivity index is 2.51. The summed E-state index contributed by atoms with van der Waals surface area (Å²) >= 11 is 0. The first-order chi connectivity index (χ1) is 9.01. The number of halogens is 3. The van der Waals surface area contributed by atoms with Crippen molar-refractivity contribution in [2.45, 2.75) is 13.3 Å². The van der Waals surface area contributed by atoms with Crippen LogP contribution in [0.2, 0.25) is 0 Å². The quantitative estimate of drug-likeness (QED) is 0.804. The first-order valence-corrected chi connectivity index (χ1v) is 5.67. The fourth-order valence-electron chi connectivity index (χ4n) is 1.33. The maximum absolute atomic E-state index is 11.8. The summed E-state index contributed by atoms with van der Waals surface area (Å²) in [5, 5.41) is 3.06. The Hall–Kier alpha value is -1.82. The third-order valence-electron chi connectivity index (χ3n) is 2.13. The summed E-state index contributed by atoms with van der Waals surface area (Å²) in [6, 6.07) is 3.60. The van der Waals surface area contributed by atoms with Crippen molar-refractivity contribution < 1.29 is 17.9 Å². The van der Waals surface area contributed by atoms with Crippen molar-refractivity contribution in [3.63, 3.8) is 0 Å². The minimum atomic E-state index is -4.60. The molecule has 104 valence electrons. The van der Waals surface area contributed by atoms with Crippen molar-refractivity contribution in [3.8, 4) is 0 Å². The minimum absolute atomic E-state index is 0.400. The van der Waals surface area contributed by atoms with Gasteiger partial charge in [-0.1, -0.05) is 18.2 Å². The van der Waals surface area contributed by atoms with E-state index in [1.54, 1.807) is 37.5 Å². The van der Waals surface area contributed by atoms with Crippen LogP contribution in [0.5, 0.6) is 0 Å². The molecule has 19 heavy (non-hydrogen) atoms. The molecule has 0 amide bonds. The van der Waals surface area contributed by atoms with Gasteiger partial charge in [0.2, 0.25) is 0 Å². The van der Waals surface area contributed by atoms with E-state index in [1.807, 2.05) is 6.07 Å². The maximum Gasteiger partial charge on any atom is 0.522 e. The number of allylic oxidation sites excluding steroid dienone is 1. The molecule has 0 aliphatic heterocycles. The van der Waals surface area contributed by atoms with Gasteiger partial charge in [-0.05, 0) is 24.6 Å². The molecule has 1 aromatic rings. The van der Waals surface area contributed by atoms with E-state index in [1.165, 1.54) is 6.08 Å². The Morgan fingerprint density at radius 3 is 2.84 bits per heavy atom. The number of hydrogen-bond acceptors (Lipinski definition) is 3. The highest BCUT2D eigenvalue weighted by Gasteiger charge is 2.28. The van der Waals surface area contributed by atoms with Gasteiger partial charge in [0, 0.05) is 18.9 Å². The van der Waals surface area contributed by atoms with E-state index in [0.717, 1.165) is 5.69 Å². The Bertz CT molecular complexity index is 427. The lowest BCUT2D eigenvalue weighted by molar-refractivity contribution is -0.319. The lowest BCUT2D eigenvalue weighted by atomic mass is 10.2. The monoisotopic (exact) mass is 272 g/mol. The Labute approximate surface area is 109 Å². The number of ether oxygens (including phenoxy) is 1. The normalized spacial score (nSPS) is 12.9. The van der Waals surface area contributed by atoms with E-state index in [2.05, 4.69) is 15.0 Å². The van der Waals surface area contributed by atoms with Gasteiger partial charge in [0.15, 0.2) is 0 Å². The molecule has 0 fully saturated rings. The number of nitrogens with one attached hydrogen (secondary N) is 1. The fourth-order valence-corrected chi connectivity index (χ4v) is 1.33. The molecule has 0 atom stereocenters. The van der Waals surface area contributed by atoms with Gasteiger partial charge in [-0.3, -0.25) is 9.72 Å². The molecule has 1 heterocycles. The molecule has 1 rings (SSSR count). The molecule has 0 aromatic carbocycles. The highest BCUT2D eigenvalue weighted by atomic mass is 19.4. The fraction of sp³-hybridized carbons (Fsp3) is 0.308. The van der Waals surface area contributed by atoms with Crippen LogP contribution in [0.4, 0.5) is 18.9 Å². The first-order valence-electron chi connectivity index (χ1n) is 5.67. The molecule has 0 saturated carbocycles. The smallest absolute Gasteiger partial charge is 0.380 e. The summed E-state index contributed by atoms with van der Waals surface area (Å²) in [4.78, 5) is 3.93. The van der Waals surface area contributed by atoms with Crippen molar-refractivity contribution in [3.05, 3.63) is 48.3 Å². The second-order valence-electron chi connectivity index (χ2n) is 3.63. The number of pyridine rings is 1. The summed E-state index contributed by atoms with van der Waals surface area (Å²) in [5.41, 5.74) is 1.50. The SMILES string of the molecule is C/C=C\C(=C/COC(F)(F)F)CNc1cccnc1. The summed E-state index contributed by atoms with van der Waals surface area (Å²) < 4.78 is 39.3. The predicted octanol–water partition coefficient (Wildman–Crippen LogP) is 3.53. The molecule has 0 radical (unpaired) electrons. The summed E-state index contributed by atoms with van der Waals surface area (Å²) in [5.74, 6) is 0. The molecule has 0 spiro atoms. The molecule has 0 bridgehead atoms. The largest absolute Gasteiger partial charge is 0.522 e. The topological polar surface area (TPSA) is 34.1 Å². The standard InChI is InChI=1S/C13H15F3N2O/c1-2-4-11(6-8-19-13(14,15)16)9-18-12-5-3-7-17-10-12/h2-7,10,18H,8-9H2,1H3/b4-2-,11-6+. The van der Waals surface area contributed by atoms with Gasteiger partial charge in [-0.15, -0.1) is 13.2 Å². The lowest BCUT2D eigenvalue weighted by Crippen LogP contribution is -2.14. The van der Waals surface area contributed by atoms with E-state index in [4.69, 9.17) is 0 Å². The van der Waals surface area contributed by atoms with Crippen LogP contribution in [0.15, 0.2) is 48.3 Å². The van der Waals surface area contributed by atoms with Crippen LogP contribution >= 0.6 is 0 Å². The van der Waals surface area contributed by atoms with E-state index in [9.17, 15) is 13.2 Å². The lowest BCUT2D eigenvalue weighted by Gasteiger charge is -2.08. The molecule has 1 aromatic heterocycles. The molecule has 0 aliphatic carbocycles. The van der Waals surface area contributed by atoms with E-state index < -0.39 is 13.0 Å². The van der Waals surface area contributed by atoms with E-state index in [0.29, 0.717) is 12.1 Å². The number of anilines is 1. The van der Waals surface area contributed by atoms with Gasteiger partial charge >= 0.3 is 6.36 Å². The second-order valence-corrected chi connectivity index (χ2v) is 3.63. The Kier molecular flexibility index (Phi) is 6.08. The molecule has 0 aliphatic rings. The number of alkyl halides is 3. The van der Waals surface area contributed by atoms with E-state index >= 15 is 0 Å². The summed E-state index contributed by atoms with van der Waals surface area (Å²) in [6.45, 7) is 1.69. The van der Waals surface area contributed by atoms with Gasteiger partial charge in [-0.25, -0.2) is 0 Å². The minimum Gasteiger partial charge on any atom is -0.380 e. The zero-order valence-electron chi connectivity index (χ0n) is 10.4. The average Bonchev–Trinajstić information content (AvgIpc) is 2.36. The van der Waals surface area contributed by atoms with Gasteiger partial charge in [0.25, 0.3) is 0 Å². The number of aromatic nitrogens is 1. The number of rotatable bonds is 6. The van der Waals surface area contributed by atoms with Gasteiger partial charge in [-0.2, -0.15) is 0 Å². The van der Waals surface area contributed by atoms with Gasteiger partial charge in [0.1, 0.15) is 0 Å². The number of nitrogens with zero attached hydrogens (tertiary/aromatic N) is 1. The van der Waals surface area contributed by atoms with Crippen LogP contribution in [0.1, 0.15) is 6.92 Å². The second kappa shape index (κ2) is 7.58. The predicted molar refractivity (Wildman–Crippen MR) is 67.6 cm³/mol. The van der Waals surface area contributed by atoms with Crippen molar-refractivity contribution in [1.29, 1.82) is 0 Å². The molecular weight excluding hydrogens is 257 g/mol. The zero-order valence-corrected chi connectivity index (χ0v) is 10.4. The van der Waals surface area contributed by atoms with Crippen LogP contribution in [0, 0.1) is 0 Å². The molecule has 0 saturated heterocycles. The van der Waals surface area contributed by atoms with Crippen LogP contribution in [0.3, 0.4) is 0 Å². The Morgan fingerprint density at radius 1 is 1.47 bits per heavy atom. The first kappa shape index (κ1) is 15.2. The van der Waals surface area contributed by atoms with Gasteiger partial charge in [0.05, 0.1) is 12.3 Å². The number of hydrogen-bond donors (Lipinski definition) is 1. The average molecular weight is 272 g/mol. The van der Waals surface area contributed by atoms with Crippen molar-refractivity contribution in [2.24, 2.45) is 0 Å². The molecular formula is C13H15F3N2O. The summed E-state index contributed by atoms with van der Waals surface area (Å²) in [6.07, 6.45) is 3.54. The van der Waals surface area contributed by atoms with Crippen LogP contribution in [0.25, 0.3) is 0 Å². The van der Waals surface area contributed by atoms with Crippen LogP contribution in [-0.2, 0) is 4.74 Å². The third kappa shape index (κ3) is 7.25.